The van der Waals surface area contributed by atoms with Gasteiger partial charge in [0.05, 0.1) is 20.6 Å². The fourth-order valence-corrected chi connectivity index (χ4v) is 3.85. The minimum Gasteiger partial charge on any atom is -0.497 e. The van der Waals surface area contributed by atoms with Gasteiger partial charge in [0, 0.05) is 0 Å². The molecule has 0 aromatic heterocycles. The molecule has 0 atom stereocenters. The summed E-state index contributed by atoms with van der Waals surface area (Å²) in [5.74, 6) is 1.47. The molecular formula is C21H31NO4. The summed E-state index contributed by atoms with van der Waals surface area (Å²) >= 11 is 0. The largest absolute Gasteiger partial charge is 0.497 e. The number of carbonyl (C=O) groups excluding carboxylic acids is 2. The van der Waals surface area contributed by atoms with Crippen LogP contribution in [0.15, 0.2) is 18.2 Å². The number of methoxy groups -OCH3 is 2. The number of ether oxygens (including phenoxy) is 2. The van der Waals surface area contributed by atoms with E-state index in [0.717, 1.165) is 29.7 Å². The van der Waals surface area contributed by atoms with Crippen LogP contribution >= 0.6 is 0 Å². The smallest absolute Gasteiger partial charge is 0.331 e. The van der Waals surface area contributed by atoms with Crippen LogP contribution in [0.5, 0.6) is 5.75 Å². The number of hydrogen-bond donors (Lipinski definition) is 1. The Kier molecular flexibility index (Phi) is 6.68. The molecule has 1 aromatic rings. The third-order valence-electron chi connectivity index (χ3n) is 5.68. The molecular weight excluding hydrogens is 330 g/mol. The lowest BCUT2D eigenvalue weighted by atomic mass is 9.72. The number of benzene rings is 1. The van der Waals surface area contributed by atoms with Crippen LogP contribution in [-0.4, -0.2) is 31.6 Å². The van der Waals surface area contributed by atoms with Crippen LogP contribution in [0.4, 0.5) is 0 Å². The topological polar surface area (TPSA) is 64.6 Å². The van der Waals surface area contributed by atoms with Crippen molar-refractivity contribution >= 4 is 11.9 Å². The molecule has 26 heavy (non-hydrogen) atoms. The van der Waals surface area contributed by atoms with Crippen LogP contribution in [0.2, 0.25) is 0 Å². The molecule has 0 radical (unpaired) electrons. The predicted octanol–water partition coefficient (Wildman–Crippen LogP) is 3.42. The van der Waals surface area contributed by atoms with Crippen LogP contribution in [-0.2, 0) is 20.7 Å². The van der Waals surface area contributed by atoms with Gasteiger partial charge in [0.1, 0.15) is 11.3 Å². The van der Waals surface area contributed by atoms with E-state index < -0.39 is 5.54 Å². The Labute approximate surface area is 156 Å². The third kappa shape index (κ3) is 4.57. The Morgan fingerprint density at radius 1 is 1.23 bits per heavy atom. The van der Waals surface area contributed by atoms with Gasteiger partial charge in [-0.2, -0.15) is 0 Å². The highest BCUT2D eigenvalue weighted by atomic mass is 16.5. The van der Waals surface area contributed by atoms with Gasteiger partial charge in [-0.05, 0) is 67.7 Å². The van der Waals surface area contributed by atoms with Crippen molar-refractivity contribution in [3.05, 3.63) is 29.3 Å². The average Bonchev–Trinajstić information content (AvgIpc) is 2.62. The molecule has 0 saturated heterocycles. The molecule has 5 nitrogen and oxygen atoms in total. The Morgan fingerprint density at radius 3 is 2.38 bits per heavy atom. The van der Waals surface area contributed by atoms with E-state index in [1.165, 1.54) is 7.11 Å². The van der Waals surface area contributed by atoms with Crippen molar-refractivity contribution < 1.29 is 19.1 Å². The van der Waals surface area contributed by atoms with Crippen LogP contribution < -0.4 is 10.1 Å². The molecule has 1 aromatic carbocycles. The minimum atomic E-state index is -0.891. The number of nitrogens with one attached hydrogen (secondary N) is 1. The van der Waals surface area contributed by atoms with Gasteiger partial charge >= 0.3 is 5.97 Å². The van der Waals surface area contributed by atoms with Gasteiger partial charge in [0.25, 0.3) is 0 Å². The highest BCUT2D eigenvalue weighted by Crippen LogP contribution is 2.36. The summed E-state index contributed by atoms with van der Waals surface area (Å²) in [4.78, 5) is 25.1. The van der Waals surface area contributed by atoms with Crippen LogP contribution in [0.3, 0.4) is 0 Å². The first-order chi connectivity index (χ1) is 12.3. The van der Waals surface area contributed by atoms with E-state index in [9.17, 15) is 9.59 Å². The molecule has 2 rings (SSSR count). The maximum absolute atomic E-state index is 12.7. The number of amides is 1. The van der Waals surface area contributed by atoms with E-state index in [0.29, 0.717) is 24.7 Å². The highest BCUT2D eigenvalue weighted by Gasteiger charge is 2.44. The molecule has 1 N–H and O–H groups in total. The van der Waals surface area contributed by atoms with Gasteiger partial charge in [-0.3, -0.25) is 4.79 Å². The quantitative estimate of drug-likeness (QED) is 0.789. The standard InChI is InChI=1S/C21H31NO4/c1-14(2)16-8-10-21(11-9-16,20(24)26-5)22-19(23)13-17-6-7-18(25-4)12-15(17)3/h6-7,12,14,16H,8-11,13H2,1-5H3,(H,22,23). The third-order valence-corrected chi connectivity index (χ3v) is 5.68. The summed E-state index contributed by atoms with van der Waals surface area (Å²) in [6, 6.07) is 5.65. The molecule has 1 aliphatic rings. The molecule has 5 heteroatoms. The Morgan fingerprint density at radius 2 is 1.88 bits per heavy atom. The molecule has 1 aliphatic carbocycles. The SMILES string of the molecule is COC(=O)C1(NC(=O)Cc2ccc(OC)cc2C)CCC(C(C)C)CC1. The fourth-order valence-electron chi connectivity index (χ4n) is 3.85. The maximum Gasteiger partial charge on any atom is 0.331 e. The second-order valence-electron chi connectivity index (χ2n) is 7.67. The molecule has 1 fully saturated rings. The molecule has 144 valence electrons. The van der Waals surface area contributed by atoms with Crippen LogP contribution in [0.25, 0.3) is 0 Å². The zero-order chi connectivity index (χ0) is 19.3. The summed E-state index contributed by atoms with van der Waals surface area (Å²) in [5.41, 5.74) is 1.03. The molecule has 0 heterocycles. The monoisotopic (exact) mass is 361 g/mol. The van der Waals surface area contributed by atoms with E-state index in [2.05, 4.69) is 19.2 Å². The lowest BCUT2D eigenvalue weighted by molar-refractivity contribution is -0.153. The van der Waals surface area contributed by atoms with Gasteiger partial charge < -0.3 is 14.8 Å². The lowest BCUT2D eigenvalue weighted by Crippen LogP contribution is -2.57. The number of esters is 1. The summed E-state index contributed by atoms with van der Waals surface area (Å²) in [5, 5.41) is 3.00. The molecule has 1 amide bonds. The normalized spacial score (nSPS) is 22.8. The summed E-state index contributed by atoms with van der Waals surface area (Å²) in [6.45, 7) is 6.37. The zero-order valence-electron chi connectivity index (χ0n) is 16.6. The molecule has 0 aliphatic heterocycles. The first kappa shape index (κ1) is 20.3. The summed E-state index contributed by atoms with van der Waals surface area (Å²) < 4.78 is 10.2. The maximum atomic E-state index is 12.7. The number of aryl methyl sites for hydroxylation is 1. The van der Waals surface area contributed by atoms with Crippen molar-refractivity contribution in [1.29, 1.82) is 0 Å². The van der Waals surface area contributed by atoms with E-state index in [1.54, 1.807) is 7.11 Å². The minimum absolute atomic E-state index is 0.147. The Bertz CT molecular complexity index is 645. The zero-order valence-corrected chi connectivity index (χ0v) is 16.6. The first-order valence-electron chi connectivity index (χ1n) is 9.34. The van der Waals surface area contributed by atoms with Gasteiger partial charge in [0.2, 0.25) is 5.91 Å². The number of carbonyl (C=O) groups is 2. The van der Waals surface area contributed by atoms with Crippen molar-refractivity contribution in [3.63, 3.8) is 0 Å². The Hall–Kier alpha value is -2.04. The van der Waals surface area contributed by atoms with Crippen molar-refractivity contribution in [2.45, 2.75) is 58.4 Å². The van der Waals surface area contributed by atoms with Gasteiger partial charge in [-0.15, -0.1) is 0 Å². The first-order valence-corrected chi connectivity index (χ1v) is 9.34. The van der Waals surface area contributed by atoms with Gasteiger partial charge in [-0.25, -0.2) is 4.79 Å². The molecule has 0 spiro atoms. The van der Waals surface area contributed by atoms with Crippen molar-refractivity contribution in [2.24, 2.45) is 11.8 Å². The molecule has 0 unspecified atom stereocenters. The van der Waals surface area contributed by atoms with E-state index >= 15 is 0 Å². The average molecular weight is 361 g/mol. The Balaban J connectivity index is 2.09. The van der Waals surface area contributed by atoms with Crippen molar-refractivity contribution in [2.75, 3.05) is 14.2 Å². The summed E-state index contributed by atoms with van der Waals surface area (Å²) in [6.07, 6.45) is 3.36. The highest BCUT2D eigenvalue weighted by molar-refractivity contribution is 5.89. The van der Waals surface area contributed by atoms with E-state index in [1.807, 2.05) is 25.1 Å². The lowest BCUT2D eigenvalue weighted by Gasteiger charge is -2.39. The second-order valence-corrected chi connectivity index (χ2v) is 7.67. The van der Waals surface area contributed by atoms with Crippen LogP contribution in [0.1, 0.15) is 50.7 Å². The molecule has 0 bridgehead atoms. The van der Waals surface area contributed by atoms with Crippen molar-refractivity contribution in [1.82, 2.24) is 5.32 Å². The predicted molar refractivity (Wildman–Crippen MR) is 101 cm³/mol. The number of hydrogen-bond acceptors (Lipinski definition) is 4. The fraction of sp³-hybridized carbons (Fsp3) is 0.619. The van der Waals surface area contributed by atoms with E-state index in [4.69, 9.17) is 9.47 Å². The van der Waals surface area contributed by atoms with Gasteiger partial charge in [0.15, 0.2) is 0 Å². The number of rotatable bonds is 6. The van der Waals surface area contributed by atoms with Crippen molar-refractivity contribution in [3.8, 4) is 5.75 Å². The van der Waals surface area contributed by atoms with Crippen LogP contribution in [0, 0.1) is 18.8 Å². The van der Waals surface area contributed by atoms with Gasteiger partial charge in [-0.1, -0.05) is 19.9 Å². The molecule has 1 saturated carbocycles. The van der Waals surface area contributed by atoms with E-state index in [-0.39, 0.29) is 18.3 Å². The summed E-state index contributed by atoms with van der Waals surface area (Å²) in [7, 11) is 3.01. The second kappa shape index (κ2) is 8.56.